The summed E-state index contributed by atoms with van der Waals surface area (Å²) in [6.07, 6.45) is 2.31. The van der Waals surface area contributed by atoms with Gasteiger partial charge in [0.2, 0.25) is 5.91 Å². The van der Waals surface area contributed by atoms with Crippen LogP contribution in [0, 0.1) is 0 Å². The van der Waals surface area contributed by atoms with E-state index in [9.17, 15) is 4.79 Å². The van der Waals surface area contributed by atoms with Gasteiger partial charge in [-0.05, 0) is 29.9 Å². The van der Waals surface area contributed by atoms with Gasteiger partial charge in [0.05, 0.1) is 6.54 Å². The Labute approximate surface area is 116 Å². The highest BCUT2D eigenvalue weighted by molar-refractivity contribution is 5.81. The van der Waals surface area contributed by atoms with E-state index in [0.29, 0.717) is 12.6 Å². The van der Waals surface area contributed by atoms with E-state index in [4.69, 9.17) is 0 Å². The monoisotopic (exact) mass is 260 g/mol. The van der Waals surface area contributed by atoms with E-state index >= 15 is 0 Å². The van der Waals surface area contributed by atoms with Gasteiger partial charge in [0, 0.05) is 18.8 Å². The van der Waals surface area contributed by atoms with Gasteiger partial charge < -0.3 is 10.2 Å². The molecule has 1 aliphatic carbocycles. The van der Waals surface area contributed by atoms with Crippen molar-refractivity contribution in [3.8, 4) is 0 Å². The third kappa shape index (κ3) is 3.49. The van der Waals surface area contributed by atoms with E-state index in [0.717, 1.165) is 18.5 Å². The lowest BCUT2D eigenvalue weighted by molar-refractivity contribution is -0.128. The molecular formula is C16H24N2O. The van der Waals surface area contributed by atoms with Gasteiger partial charge in [0.1, 0.15) is 0 Å². The Morgan fingerprint density at radius 3 is 2.53 bits per heavy atom. The number of anilines is 1. The van der Waals surface area contributed by atoms with Crippen LogP contribution in [0.25, 0.3) is 0 Å². The van der Waals surface area contributed by atoms with Crippen LogP contribution in [0.4, 0.5) is 5.69 Å². The number of para-hydroxylation sites is 1. The molecule has 1 aromatic carbocycles. The van der Waals surface area contributed by atoms with Gasteiger partial charge in [-0.15, -0.1) is 0 Å². The molecular weight excluding hydrogens is 236 g/mol. The van der Waals surface area contributed by atoms with Crippen LogP contribution in [-0.2, 0) is 10.2 Å². The fraction of sp³-hybridized carbons (Fsp3) is 0.562. The highest BCUT2D eigenvalue weighted by Crippen LogP contribution is 2.29. The zero-order valence-electron chi connectivity index (χ0n) is 12.4. The summed E-state index contributed by atoms with van der Waals surface area (Å²) >= 11 is 0. The summed E-state index contributed by atoms with van der Waals surface area (Å²) in [6, 6.07) is 8.70. The van der Waals surface area contributed by atoms with Crippen molar-refractivity contribution >= 4 is 11.6 Å². The average Bonchev–Trinajstić information content (AvgIpc) is 3.18. The van der Waals surface area contributed by atoms with E-state index in [2.05, 4.69) is 32.2 Å². The third-order valence-corrected chi connectivity index (χ3v) is 3.65. The molecule has 1 aliphatic rings. The van der Waals surface area contributed by atoms with Crippen LogP contribution in [0.15, 0.2) is 24.3 Å². The molecule has 1 aromatic rings. The number of carbonyl (C=O) groups excluding carboxylic acids is 1. The lowest BCUT2D eigenvalue weighted by Crippen LogP contribution is -2.34. The summed E-state index contributed by atoms with van der Waals surface area (Å²) in [5, 5.41) is 3.29. The van der Waals surface area contributed by atoms with E-state index in [1.54, 1.807) is 0 Å². The van der Waals surface area contributed by atoms with Gasteiger partial charge in [-0.3, -0.25) is 4.79 Å². The summed E-state index contributed by atoms with van der Waals surface area (Å²) in [5.74, 6) is 0.172. The Balaban J connectivity index is 2.01. The number of likely N-dealkylation sites (N-methyl/N-ethyl adjacent to an activating group) is 1. The summed E-state index contributed by atoms with van der Waals surface area (Å²) in [5.41, 5.74) is 2.39. The SMILES string of the molecule is CN(C(=O)CNc1ccccc1C(C)(C)C)C1CC1. The molecule has 104 valence electrons. The van der Waals surface area contributed by atoms with E-state index in [1.807, 2.05) is 30.1 Å². The maximum Gasteiger partial charge on any atom is 0.241 e. The molecule has 3 nitrogen and oxygen atoms in total. The molecule has 1 amide bonds. The summed E-state index contributed by atoms with van der Waals surface area (Å²) in [7, 11) is 1.90. The molecule has 0 heterocycles. The van der Waals surface area contributed by atoms with Crippen molar-refractivity contribution in [1.82, 2.24) is 4.90 Å². The molecule has 2 rings (SSSR count). The van der Waals surface area contributed by atoms with Crippen LogP contribution in [0.2, 0.25) is 0 Å². The minimum absolute atomic E-state index is 0.0784. The minimum Gasteiger partial charge on any atom is -0.376 e. The molecule has 0 radical (unpaired) electrons. The number of hydrogen-bond acceptors (Lipinski definition) is 2. The summed E-state index contributed by atoms with van der Waals surface area (Å²) in [6.45, 7) is 6.93. The van der Waals surface area contributed by atoms with Gasteiger partial charge in [0.15, 0.2) is 0 Å². The summed E-state index contributed by atoms with van der Waals surface area (Å²) < 4.78 is 0. The third-order valence-electron chi connectivity index (χ3n) is 3.65. The van der Waals surface area contributed by atoms with Gasteiger partial charge in [-0.1, -0.05) is 39.0 Å². The molecule has 0 atom stereocenters. The van der Waals surface area contributed by atoms with Crippen LogP contribution in [0.3, 0.4) is 0 Å². The first kappa shape index (κ1) is 13.9. The average molecular weight is 260 g/mol. The standard InChI is InChI=1S/C16H24N2O/c1-16(2,3)13-7-5-6-8-14(13)17-11-15(19)18(4)12-9-10-12/h5-8,12,17H,9-11H2,1-4H3. The fourth-order valence-electron chi connectivity index (χ4n) is 2.25. The van der Waals surface area contributed by atoms with Crippen molar-refractivity contribution in [2.75, 3.05) is 18.9 Å². The van der Waals surface area contributed by atoms with E-state index in [1.165, 1.54) is 5.56 Å². The van der Waals surface area contributed by atoms with E-state index in [-0.39, 0.29) is 11.3 Å². The Bertz CT molecular complexity index is 458. The maximum absolute atomic E-state index is 12.0. The van der Waals surface area contributed by atoms with Gasteiger partial charge in [0.25, 0.3) is 0 Å². The number of benzene rings is 1. The molecule has 3 heteroatoms. The number of nitrogens with one attached hydrogen (secondary N) is 1. The molecule has 1 saturated carbocycles. The molecule has 0 unspecified atom stereocenters. The van der Waals surface area contributed by atoms with Gasteiger partial charge in [-0.25, -0.2) is 0 Å². The molecule has 0 saturated heterocycles. The Morgan fingerprint density at radius 2 is 1.95 bits per heavy atom. The van der Waals surface area contributed by atoms with Crippen LogP contribution in [-0.4, -0.2) is 30.4 Å². The quantitative estimate of drug-likeness (QED) is 0.902. The number of amides is 1. The Kier molecular flexibility index (Phi) is 3.83. The predicted molar refractivity (Wildman–Crippen MR) is 79.4 cm³/mol. The zero-order chi connectivity index (χ0) is 14.0. The molecule has 0 bridgehead atoms. The Hall–Kier alpha value is -1.51. The molecule has 0 spiro atoms. The number of rotatable bonds is 4. The zero-order valence-corrected chi connectivity index (χ0v) is 12.4. The molecule has 0 aromatic heterocycles. The van der Waals surface area contributed by atoms with Crippen LogP contribution in [0.1, 0.15) is 39.2 Å². The minimum atomic E-state index is 0.0784. The number of nitrogens with zero attached hydrogens (tertiary/aromatic N) is 1. The number of carbonyl (C=O) groups is 1. The van der Waals surface area contributed by atoms with E-state index < -0.39 is 0 Å². The predicted octanol–water partition coefficient (Wildman–Crippen LogP) is 3.02. The van der Waals surface area contributed by atoms with Crippen molar-refractivity contribution in [1.29, 1.82) is 0 Å². The van der Waals surface area contributed by atoms with Crippen molar-refractivity contribution in [2.24, 2.45) is 0 Å². The second-order valence-electron chi connectivity index (χ2n) is 6.38. The first-order chi connectivity index (χ1) is 8.89. The lowest BCUT2D eigenvalue weighted by atomic mass is 9.86. The first-order valence-corrected chi connectivity index (χ1v) is 6.98. The van der Waals surface area contributed by atoms with Gasteiger partial charge >= 0.3 is 0 Å². The highest BCUT2D eigenvalue weighted by Gasteiger charge is 2.29. The topological polar surface area (TPSA) is 32.3 Å². The maximum atomic E-state index is 12.0. The van der Waals surface area contributed by atoms with Crippen LogP contribution in [0.5, 0.6) is 0 Å². The Morgan fingerprint density at radius 1 is 1.32 bits per heavy atom. The van der Waals surface area contributed by atoms with Crippen molar-refractivity contribution < 1.29 is 4.79 Å². The molecule has 1 fully saturated rings. The molecule has 19 heavy (non-hydrogen) atoms. The van der Waals surface area contributed by atoms with Crippen molar-refractivity contribution in [3.63, 3.8) is 0 Å². The molecule has 0 aliphatic heterocycles. The largest absolute Gasteiger partial charge is 0.376 e. The first-order valence-electron chi connectivity index (χ1n) is 6.98. The smallest absolute Gasteiger partial charge is 0.241 e. The second-order valence-corrected chi connectivity index (χ2v) is 6.38. The van der Waals surface area contributed by atoms with Crippen molar-refractivity contribution in [3.05, 3.63) is 29.8 Å². The van der Waals surface area contributed by atoms with Gasteiger partial charge in [-0.2, -0.15) is 0 Å². The van der Waals surface area contributed by atoms with Crippen LogP contribution < -0.4 is 5.32 Å². The fourth-order valence-corrected chi connectivity index (χ4v) is 2.25. The lowest BCUT2D eigenvalue weighted by Gasteiger charge is -2.24. The summed E-state index contributed by atoms with van der Waals surface area (Å²) in [4.78, 5) is 13.9. The second kappa shape index (κ2) is 5.24. The molecule has 1 N–H and O–H groups in total. The van der Waals surface area contributed by atoms with Crippen molar-refractivity contribution in [2.45, 2.75) is 45.1 Å². The van der Waals surface area contributed by atoms with Crippen LogP contribution >= 0.6 is 0 Å². The normalized spacial score (nSPS) is 15.2. The number of hydrogen-bond donors (Lipinski definition) is 1. The highest BCUT2D eigenvalue weighted by atomic mass is 16.2.